The number of rotatable bonds is 6. The first kappa shape index (κ1) is 26.8. The second-order valence-electron chi connectivity index (χ2n) is 10.1. The molecule has 0 saturated carbocycles. The van der Waals surface area contributed by atoms with Gasteiger partial charge in [0.25, 0.3) is 11.8 Å². The van der Waals surface area contributed by atoms with E-state index in [1.807, 2.05) is 24.3 Å². The Morgan fingerprint density at radius 2 is 1.62 bits per heavy atom. The molecular formula is C28H31ClN4O6. The number of imide groups is 1. The Balaban J connectivity index is 1.12. The minimum absolute atomic E-state index is 0.0303. The van der Waals surface area contributed by atoms with Crippen molar-refractivity contribution in [3.63, 3.8) is 0 Å². The Morgan fingerprint density at radius 3 is 2.28 bits per heavy atom. The topological polar surface area (TPSA) is 99.7 Å². The minimum atomic E-state index is -0.889. The van der Waals surface area contributed by atoms with Crippen molar-refractivity contribution < 1.29 is 28.8 Å². The first-order valence-electron chi connectivity index (χ1n) is 13.1. The molecule has 2 aromatic rings. The highest BCUT2D eigenvalue weighted by Crippen LogP contribution is 2.27. The van der Waals surface area contributed by atoms with Crippen LogP contribution in [-0.4, -0.2) is 89.6 Å². The number of carbonyl (C=O) groups is 4. The molecule has 0 N–H and O–H groups in total. The zero-order chi connectivity index (χ0) is 27.5. The summed E-state index contributed by atoms with van der Waals surface area (Å²) in [5.41, 5.74) is 1.69. The molecule has 3 aliphatic heterocycles. The van der Waals surface area contributed by atoms with Crippen LogP contribution in [0.15, 0.2) is 48.5 Å². The molecule has 3 saturated heterocycles. The second kappa shape index (κ2) is 11.5. The third-order valence-electron chi connectivity index (χ3n) is 7.71. The molecule has 1 unspecified atom stereocenters. The fourth-order valence-corrected chi connectivity index (χ4v) is 5.44. The number of ether oxygens (including phenoxy) is 1. The van der Waals surface area contributed by atoms with Gasteiger partial charge in [0.15, 0.2) is 0 Å². The number of methoxy groups -OCH3 is 1. The van der Waals surface area contributed by atoms with Crippen LogP contribution in [0.25, 0.3) is 0 Å². The number of fused-ring (bicyclic) bond motifs is 1. The maximum Gasteiger partial charge on any atom is 0.434 e. The average molecular weight is 555 g/mol. The van der Waals surface area contributed by atoms with Crippen LogP contribution < -0.4 is 4.74 Å². The maximum atomic E-state index is 13.1. The van der Waals surface area contributed by atoms with E-state index in [1.165, 1.54) is 20.3 Å². The van der Waals surface area contributed by atoms with Gasteiger partial charge < -0.3 is 24.3 Å². The molecule has 3 aliphatic rings. The number of nitrogens with zero attached hydrogens (tertiary/aromatic N) is 4. The lowest BCUT2D eigenvalue weighted by Gasteiger charge is -2.35. The Bertz CT molecular complexity index is 1230. The van der Waals surface area contributed by atoms with Crippen LogP contribution >= 0.6 is 11.6 Å². The molecule has 3 heterocycles. The molecule has 0 aliphatic carbocycles. The summed E-state index contributed by atoms with van der Waals surface area (Å²) >= 11 is 5.95. The van der Waals surface area contributed by atoms with Crippen molar-refractivity contribution in [2.45, 2.75) is 31.7 Å². The predicted molar refractivity (Wildman–Crippen MR) is 142 cm³/mol. The molecule has 11 heteroatoms. The maximum absolute atomic E-state index is 13.1. The molecule has 5 amide bonds. The van der Waals surface area contributed by atoms with Crippen LogP contribution in [0.4, 0.5) is 9.59 Å². The highest BCUT2D eigenvalue weighted by molar-refractivity contribution is 6.30. The SMILES string of the molecule is COc1ccc(C(=O)N2CCN3C(=O)N(OC(=O)N4CCC(CCc5ccc(Cl)cc5)CC4)C(=O)C3C2)cc1. The van der Waals surface area contributed by atoms with E-state index in [1.54, 1.807) is 31.4 Å². The van der Waals surface area contributed by atoms with Gasteiger partial charge in [0.1, 0.15) is 11.8 Å². The van der Waals surface area contributed by atoms with Crippen molar-refractivity contribution in [3.8, 4) is 5.75 Å². The molecule has 1 atom stereocenters. The van der Waals surface area contributed by atoms with Gasteiger partial charge >= 0.3 is 12.1 Å². The van der Waals surface area contributed by atoms with Crippen molar-refractivity contribution >= 4 is 35.5 Å². The third kappa shape index (κ3) is 5.80. The summed E-state index contributed by atoms with van der Waals surface area (Å²) in [6.45, 7) is 1.47. The summed E-state index contributed by atoms with van der Waals surface area (Å²) in [6.07, 6.45) is 2.89. The lowest BCUT2D eigenvalue weighted by atomic mass is 9.91. The number of benzene rings is 2. The van der Waals surface area contributed by atoms with Crippen molar-refractivity contribution in [1.82, 2.24) is 19.8 Å². The van der Waals surface area contributed by atoms with Crippen molar-refractivity contribution in [2.24, 2.45) is 5.92 Å². The first-order chi connectivity index (χ1) is 18.8. The normalized spacial score (nSPS) is 19.8. The predicted octanol–water partition coefficient (Wildman–Crippen LogP) is 3.83. The zero-order valence-electron chi connectivity index (χ0n) is 21.8. The van der Waals surface area contributed by atoms with E-state index in [9.17, 15) is 19.2 Å². The number of likely N-dealkylation sites (tertiary alicyclic amines) is 1. The van der Waals surface area contributed by atoms with E-state index in [4.69, 9.17) is 21.2 Å². The molecule has 10 nitrogen and oxygen atoms in total. The molecule has 5 rings (SSSR count). The van der Waals surface area contributed by atoms with Gasteiger partial charge in [-0.1, -0.05) is 28.8 Å². The van der Waals surface area contributed by atoms with E-state index < -0.39 is 24.1 Å². The van der Waals surface area contributed by atoms with Gasteiger partial charge in [0.2, 0.25) is 0 Å². The molecule has 0 aromatic heterocycles. The Labute approximate surface area is 231 Å². The van der Waals surface area contributed by atoms with Gasteiger partial charge in [-0.2, -0.15) is 0 Å². The molecule has 2 aromatic carbocycles. The summed E-state index contributed by atoms with van der Waals surface area (Å²) in [7, 11) is 1.55. The van der Waals surface area contributed by atoms with Gasteiger partial charge in [-0.05, 0) is 73.6 Å². The smallest absolute Gasteiger partial charge is 0.434 e. The molecule has 206 valence electrons. The molecule has 0 spiro atoms. The van der Waals surface area contributed by atoms with Crippen molar-refractivity contribution in [2.75, 3.05) is 39.8 Å². The van der Waals surface area contributed by atoms with Crippen LogP contribution in [0.3, 0.4) is 0 Å². The summed E-state index contributed by atoms with van der Waals surface area (Å²) < 4.78 is 5.13. The second-order valence-corrected chi connectivity index (χ2v) is 10.5. The van der Waals surface area contributed by atoms with Gasteiger partial charge in [-0.15, -0.1) is 0 Å². The Hall–Kier alpha value is -3.79. The van der Waals surface area contributed by atoms with Gasteiger partial charge in [0, 0.05) is 36.8 Å². The summed E-state index contributed by atoms with van der Waals surface area (Å²) in [4.78, 5) is 61.5. The number of amides is 5. The fraction of sp³-hybridized carbons (Fsp3) is 0.429. The van der Waals surface area contributed by atoms with Crippen LogP contribution in [0.5, 0.6) is 5.75 Å². The summed E-state index contributed by atoms with van der Waals surface area (Å²) in [5, 5.41) is 1.28. The molecule has 3 fully saturated rings. The monoisotopic (exact) mass is 554 g/mol. The van der Waals surface area contributed by atoms with Crippen LogP contribution in [0.1, 0.15) is 35.2 Å². The molecule has 0 radical (unpaired) electrons. The number of aryl methyl sites for hydroxylation is 1. The molecule has 0 bridgehead atoms. The van der Waals surface area contributed by atoms with Crippen LogP contribution in [-0.2, 0) is 16.1 Å². The number of halogens is 1. The number of hydrogen-bond donors (Lipinski definition) is 0. The van der Waals surface area contributed by atoms with Gasteiger partial charge in [0.05, 0.1) is 13.7 Å². The van der Waals surface area contributed by atoms with E-state index in [0.29, 0.717) is 35.4 Å². The fourth-order valence-electron chi connectivity index (χ4n) is 5.32. The number of urea groups is 1. The quantitative estimate of drug-likeness (QED) is 0.503. The number of carbonyl (C=O) groups excluding carboxylic acids is 4. The van der Waals surface area contributed by atoms with E-state index >= 15 is 0 Å². The number of hydrogen-bond acceptors (Lipinski definition) is 6. The largest absolute Gasteiger partial charge is 0.497 e. The minimum Gasteiger partial charge on any atom is -0.497 e. The molecule has 39 heavy (non-hydrogen) atoms. The van der Waals surface area contributed by atoms with Gasteiger partial charge in [-0.3, -0.25) is 9.59 Å². The zero-order valence-corrected chi connectivity index (χ0v) is 22.5. The van der Waals surface area contributed by atoms with Crippen LogP contribution in [0, 0.1) is 5.92 Å². The van der Waals surface area contributed by atoms with Crippen molar-refractivity contribution in [3.05, 3.63) is 64.7 Å². The Morgan fingerprint density at radius 1 is 0.923 bits per heavy atom. The summed E-state index contributed by atoms with van der Waals surface area (Å²) in [5.74, 6) is 0.223. The number of piperidine rings is 1. The van der Waals surface area contributed by atoms with Crippen LogP contribution in [0.2, 0.25) is 5.02 Å². The summed E-state index contributed by atoms with van der Waals surface area (Å²) in [6, 6.07) is 13.0. The highest BCUT2D eigenvalue weighted by Gasteiger charge is 2.51. The lowest BCUT2D eigenvalue weighted by molar-refractivity contribution is -0.152. The standard InChI is InChI=1S/C28H31ClN4O6/c1-38-23-10-6-21(7-11-23)25(34)31-16-17-32-24(18-31)26(35)33(27(32)36)39-28(37)30-14-12-20(13-15-30)3-2-19-4-8-22(29)9-5-19/h4-11,20,24H,2-3,12-18H2,1H3. The number of hydroxylamine groups is 2. The Kier molecular flexibility index (Phi) is 7.92. The van der Waals surface area contributed by atoms with E-state index in [2.05, 4.69) is 0 Å². The molecular weight excluding hydrogens is 524 g/mol. The van der Waals surface area contributed by atoms with E-state index in [0.717, 1.165) is 30.7 Å². The van der Waals surface area contributed by atoms with Crippen molar-refractivity contribution in [1.29, 1.82) is 0 Å². The number of piperazine rings is 1. The first-order valence-corrected chi connectivity index (χ1v) is 13.5. The lowest BCUT2D eigenvalue weighted by Crippen LogP contribution is -2.54. The highest BCUT2D eigenvalue weighted by atomic mass is 35.5. The third-order valence-corrected chi connectivity index (χ3v) is 7.96. The van der Waals surface area contributed by atoms with Gasteiger partial charge in [-0.25, -0.2) is 9.59 Å². The van der Waals surface area contributed by atoms with E-state index in [-0.39, 0.29) is 25.5 Å². The average Bonchev–Trinajstić information content (AvgIpc) is 3.21.